The first-order valence-electron chi connectivity index (χ1n) is 14.0. The van der Waals surface area contributed by atoms with Gasteiger partial charge in [-0.2, -0.15) is 0 Å². The first kappa shape index (κ1) is 26.6. The Morgan fingerprint density at radius 2 is 1.21 bits per heavy atom. The highest BCUT2D eigenvalue weighted by atomic mass is 32.2. The lowest BCUT2D eigenvalue weighted by Crippen LogP contribution is -2.21. The lowest BCUT2D eigenvalue weighted by atomic mass is 9.71. The van der Waals surface area contributed by atoms with Crippen LogP contribution in [0.5, 0.6) is 0 Å². The van der Waals surface area contributed by atoms with Gasteiger partial charge in [-0.3, -0.25) is 4.21 Å². The molecule has 4 aromatic rings. The lowest BCUT2D eigenvalue weighted by molar-refractivity contribution is 0.354. The minimum Gasteiger partial charge on any atom is -0.254 e. The second-order valence-electron chi connectivity index (χ2n) is 13.3. The van der Waals surface area contributed by atoms with Gasteiger partial charge in [0.1, 0.15) is 0 Å². The van der Waals surface area contributed by atoms with E-state index in [1.807, 2.05) is 17.8 Å². The lowest BCUT2D eigenvalue weighted by Gasteiger charge is -2.33. The van der Waals surface area contributed by atoms with Crippen LogP contribution in [0.15, 0.2) is 94.7 Å². The van der Waals surface area contributed by atoms with Gasteiger partial charge in [-0.05, 0) is 73.5 Å². The molecule has 2 aliphatic heterocycles. The molecule has 0 aliphatic carbocycles. The smallest absolute Gasteiger partial charge is 0.0577 e. The van der Waals surface area contributed by atoms with E-state index in [1.54, 1.807) is 0 Å². The maximum absolute atomic E-state index is 13.6. The molecule has 3 atom stereocenters. The van der Waals surface area contributed by atoms with E-state index < -0.39 is 10.8 Å². The highest BCUT2D eigenvalue weighted by Crippen LogP contribution is 2.50. The van der Waals surface area contributed by atoms with Crippen molar-refractivity contribution in [3.63, 3.8) is 0 Å². The fraction of sp³-hybridized carbons (Fsp3) is 0.333. The van der Waals surface area contributed by atoms with Crippen molar-refractivity contribution in [3.8, 4) is 11.1 Å². The molecule has 0 fully saturated rings. The zero-order chi connectivity index (χ0) is 27.5. The molecule has 4 aromatic carbocycles. The molecule has 0 radical (unpaired) electrons. The van der Waals surface area contributed by atoms with E-state index in [0.717, 1.165) is 10.6 Å². The van der Waals surface area contributed by atoms with Gasteiger partial charge in [0.2, 0.25) is 0 Å². The van der Waals surface area contributed by atoms with Gasteiger partial charge in [0.25, 0.3) is 0 Å². The monoisotopic (exact) mass is 550 g/mol. The molecule has 2 aliphatic rings. The van der Waals surface area contributed by atoms with Crippen molar-refractivity contribution in [2.75, 3.05) is 0 Å². The summed E-state index contributed by atoms with van der Waals surface area (Å²) in [5.41, 5.74) is 10.7. The minimum absolute atomic E-state index is 0.0125. The molecule has 39 heavy (non-hydrogen) atoms. The van der Waals surface area contributed by atoms with Gasteiger partial charge < -0.3 is 0 Å². The van der Waals surface area contributed by atoms with E-state index >= 15 is 0 Å². The summed E-state index contributed by atoms with van der Waals surface area (Å²) < 4.78 is 13.6. The molecule has 3 unspecified atom stereocenters. The molecule has 0 amide bonds. The van der Waals surface area contributed by atoms with Crippen LogP contribution >= 0.6 is 11.8 Å². The summed E-state index contributed by atoms with van der Waals surface area (Å²) in [5, 5.41) is 0. The van der Waals surface area contributed by atoms with Crippen molar-refractivity contribution in [2.45, 2.75) is 74.7 Å². The van der Waals surface area contributed by atoms with Crippen LogP contribution in [0.3, 0.4) is 0 Å². The Kier molecular flexibility index (Phi) is 6.67. The maximum atomic E-state index is 13.6. The third-order valence-corrected chi connectivity index (χ3v) is 10.9. The largest absolute Gasteiger partial charge is 0.254 e. The van der Waals surface area contributed by atoms with Crippen LogP contribution in [0, 0.1) is 10.8 Å². The van der Waals surface area contributed by atoms with Crippen molar-refractivity contribution in [2.24, 2.45) is 10.8 Å². The van der Waals surface area contributed by atoms with Crippen molar-refractivity contribution in [3.05, 3.63) is 118 Å². The molecule has 2 heterocycles. The first-order valence-corrected chi connectivity index (χ1v) is 16.3. The van der Waals surface area contributed by atoms with E-state index in [2.05, 4.69) is 120 Å². The molecule has 3 heteroatoms. The average Bonchev–Trinajstić information content (AvgIpc) is 3.13. The molecule has 0 aromatic heterocycles. The summed E-state index contributed by atoms with van der Waals surface area (Å²) in [5.74, 6) is 2.12. The second-order valence-corrected chi connectivity index (χ2v) is 15.7. The van der Waals surface area contributed by atoms with Gasteiger partial charge in [0, 0.05) is 27.4 Å². The quantitative estimate of drug-likeness (QED) is 0.235. The Balaban J connectivity index is 1.45. The summed E-state index contributed by atoms with van der Waals surface area (Å²) in [6, 6.07) is 31.3. The summed E-state index contributed by atoms with van der Waals surface area (Å²) in [4.78, 5) is 2.37. The molecular formula is C36H38OS2. The number of hydrogen-bond donors (Lipinski definition) is 0. The topological polar surface area (TPSA) is 17.1 Å². The molecule has 0 bridgehead atoms. The summed E-state index contributed by atoms with van der Waals surface area (Å²) in [6.07, 6.45) is 0. The Bertz CT molecular complexity index is 1580. The fourth-order valence-electron chi connectivity index (χ4n) is 6.72. The number of rotatable bonds is 1. The zero-order valence-corrected chi connectivity index (χ0v) is 25.5. The van der Waals surface area contributed by atoms with Crippen LogP contribution in [0.2, 0.25) is 0 Å². The molecule has 0 saturated heterocycles. The third-order valence-electron chi connectivity index (χ3n) is 8.36. The Morgan fingerprint density at radius 3 is 1.92 bits per heavy atom. The second kappa shape index (κ2) is 9.78. The Labute approximate surface area is 240 Å². The van der Waals surface area contributed by atoms with Crippen LogP contribution in [-0.2, 0) is 22.3 Å². The summed E-state index contributed by atoms with van der Waals surface area (Å²) >= 11 is 1.96. The molecule has 0 N–H and O–H groups in total. The number of hydrogen-bond acceptors (Lipinski definition) is 2. The molecule has 1 nitrogen and oxygen atoms in total. The van der Waals surface area contributed by atoms with Crippen LogP contribution in [0.25, 0.3) is 11.1 Å². The predicted molar refractivity (Wildman–Crippen MR) is 167 cm³/mol. The van der Waals surface area contributed by atoms with Crippen molar-refractivity contribution in [1.82, 2.24) is 0 Å². The van der Waals surface area contributed by atoms with Crippen LogP contribution in [0.4, 0.5) is 0 Å². The van der Waals surface area contributed by atoms with Gasteiger partial charge in [-0.15, -0.1) is 11.8 Å². The van der Waals surface area contributed by atoms with Crippen molar-refractivity contribution >= 4 is 22.6 Å². The van der Waals surface area contributed by atoms with Gasteiger partial charge >= 0.3 is 0 Å². The number of benzene rings is 4. The highest BCUT2D eigenvalue weighted by molar-refractivity contribution is 7.98. The van der Waals surface area contributed by atoms with Gasteiger partial charge in [-0.25, -0.2) is 0 Å². The Morgan fingerprint density at radius 1 is 0.641 bits per heavy atom. The predicted octanol–water partition coefficient (Wildman–Crippen LogP) is 9.94. The zero-order valence-electron chi connectivity index (χ0n) is 23.9. The van der Waals surface area contributed by atoms with Crippen molar-refractivity contribution in [1.29, 1.82) is 0 Å². The fourth-order valence-corrected chi connectivity index (χ4v) is 9.22. The van der Waals surface area contributed by atoms with E-state index in [0.29, 0.717) is 11.7 Å². The van der Waals surface area contributed by atoms with E-state index in [4.69, 9.17) is 0 Å². The van der Waals surface area contributed by atoms with E-state index in [-0.39, 0.29) is 16.7 Å². The summed E-state index contributed by atoms with van der Waals surface area (Å²) in [6.45, 7) is 14.0. The highest BCUT2D eigenvalue weighted by Gasteiger charge is 2.36. The van der Waals surface area contributed by atoms with E-state index in [1.165, 1.54) is 49.4 Å². The standard InChI is InChI=1S/C36H38OS2/c1-35(2,3)33-27-12-8-7-11-25(27)21-38-31-20-24(16-18-29(31)33)23-15-17-28-26(19-23)22-39(37)32-14-10-9-13-30(32)34(28)36(4,5)6/h7-20,33-34H,21-22H2,1-6H3. The molecule has 0 saturated carbocycles. The molecule has 0 spiro atoms. The van der Waals surface area contributed by atoms with Crippen molar-refractivity contribution < 1.29 is 4.21 Å². The van der Waals surface area contributed by atoms with Gasteiger partial charge in [0.05, 0.1) is 16.6 Å². The first-order chi connectivity index (χ1) is 18.5. The van der Waals surface area contributed by atoms with Gasteiger partial charge in [-0.1, -0.05) is 108 Å². The number of thioether (sulfide) groups is 1. The van der Waals surface area contributed by atoms with Crippen LogP contribution in [0.1, 0.15) is 86.8 Å². The average molecular weight is 551 g/mol. The summed E-state index contributed by atoms with van der Waals surface area (Å²) in [7, 11) is -1.06. The van der Waals surface area contributed by atoms with Crippen LogP contribution in [-0.4, -0.2) is 4.21 Å². The number of fused-ring (bicyclic) bond motifs is 4. The van der Waals surface area contributed by atoms with Gasteiger partial charge in [0.15, 0.2) is 0 Å². The molecule has 6 rings (SSSR count). The maximum Gasteiger partial charge on any atom is 0.0577 e. The Hall–Kier alpha value is -2.62. The van der Waals surface area contributed by atoms with E-state index in [9.17, 15) is 4.21 Å². The third kappa shape index (κ3) is 4.83. The minimum atomic E-state index is -1.06. The normalized spacial score (nSPS) is 20.6. The van der Waals surface area contributed by atoms with Crippen LogP contribution < -0.4 is 0 Å². The molecular weight excluding hydrogens is 513 g/mol. The SMILES string of the molecule is CC(C)(C)C1c2ccccc2CSc2cc(-c3ccc4c(c3)CS(=O)c3ccccc3C4C(C)(C)C)ccc21. The molecule has 200 valence electrons.